The summed E-state index contributed by atoms with van der Waals surface area (Å²) in [6.07, 6.45) is 6.41. The van der Waals surface area contributed by atoms with Crippen molar-refractivity contribution in [3.63, 3.8) is 0 Å². The van der Waals surface area contributed by atoms with Crippen LogP contribution in [-0.4, -0.2) is 39.7 Å². The first-order valence-electron chi connectivity index (χ1n) is 10.7. The summed E-state index contributed by atoms with van der Waals surface area (Å²) in [4.78, 5) is 26.7. The predicted octanol–water partition coefficient (Wildman–Crippen LogP) is 5.36. The van der Waals surface area contributed by atoms with Crippen molar-refractivity contribution in [3.05, 3.63) is 71.2 Å². The summed E-state index contributed by atoms with van der Waals surface area (Å²) in [6, 6.07) is 14.0. The summed E-state index contributed by atoms with van der Waals surface area (Å²) in [5.41, 5.74) is 8.43. The van der Waals surface area contributed by atoms with Gasteiger partial charge in [0.2, 0.25) is 0 Å². The highest BCUT2D eigenvalue weighted by Gasteiger charge is 2.22. The molecule has 2 aliphatic heterocycles. The van der Waals surface area contributed by atoms with Gasteiger partial charge in [-0.2, -0.15) is 0 Å². The minimum Gasteiger partial charge on any atom is -0.342 e. The first-order chi connectivity index (χ1) is 15.2. The molecule has 1 fully saturated rings. The smallest absolute Gasteiger partial charge is 0.265 e. The Kier molecular flexibility index (Phi) is 5.61. The number of benzene rings is 2. The normalized spacial score (nSPS) is 16.5. The monoisotopic (exact) mass is 435 g/mol. The molecule has 31 heavy (non-hydrogen) atoms. The zero-order valence-electron chi connectivity index (χ0n) is 17.5. The molecular weight excluding hydrogens is 406 g/mol. The number of carbonyl (C=O) groups is 1. The predicted molar refractivity (Wildman–Crippen MR) is 127 cm³/mol. The molecule has 0 atom stereocenters. The van der Waals surface area contributed by atoms with Gasteiger partial charge in [-0.15, -0.1) is 0 Å². The van der Waals surface area contributed by atoms with E-state index in [1.54, 1.807) is 18.1 Å². The number of H-pyrrole nitrogens is 1. The Bertz CT molecular complexity index is 1160. The number of fused-ring (bicyclic) bond motifs is 2. The van der Waals surface area contributed by atoms with Crippen LogP contribution >= 0.6 is 11.8 Å². The summed E-state index contributed by atoms with van der Waals surface area (Å²) in [6.45, 7) is 3.88. The number of aromatic nitrogens is 2. The summed E-state index contributed by atoms with van der Waals surface area (Å²) < 4.78 is 0. The Morgan fingerprint density at radius 1 is 1.13 bits per heavy atom. The maximum atomic E-state index is 12.9. The fraction of sp³-hybridized carbons (Fsp3) is 0.292. The van der Waals surface area contributed by atoms with Crippen molar-refractivity contribution in [1.29, 1.82) is 0 Å². The van der Waals surface area contributed by atoms with Gasteiger partial charge in [-0.25, -0.2) is 15.0 Å². The van der Waals surface area contributed by atoms with E-state index in [0.29, 0.717) is 5.56 Å². The van der Waals surface area contributed by atoms with Gasteiger partial charge in [0, 0.05) is 32.0 Å². The number of rotatable bonds is 3. The van der Waals surface area contributed by atoms with Gasteiger partial charge in [-0.1, -0.05) is 48.4 Å². The number of hydrazine groups is 1. The third-order valence-electron chi connectivity index (χ3n) is 5.66. The van der Waals surface area contributed by atoms with Crippen LogP contribution in [0.2, 0.25) is 0 Å². The molecule has 5 rings (SSSR count). The second-order valence-corrected chi connectivity index (χ2v) is 9.07. The van der Waals surface area contributed by atoms with E-state index in [2.05, 4.69) is 40.5 Å². The molecule has 6 nitrogen and oxygen atoms in total. The Labute approximate surface area is 189 Å². The van der Waals surface area contributed by atoms with Gasteiger partial charge in [0.1, 0.15) is 5.03 Å². The van der Waals surface area contributed by atoms with Gasteiger partial charge in [0.05, 0.1) is 23.4 Å². The molecule has 0 bridgehead atoms. The zero-order valence-corrected chi connectivity index (χ0v) is 18.3. The van der Waals surface area contributed by atoms with Crippen LogP contribution in [-0.2, 0) is 0 Å². The van der Waals surface area contributed by atoms with Crippen LogP contribution in [0.1, 0.15) is 55.7 Å². The molecule has 1 aromatic heterocycles. The minimum atomic E-state index is -0.0806. The topological polar surface area (TPSA) is 73.4 Å². The Morgan fingerprint density at radius 3 is 2.77 bits per heavy atom. The van der Waals surface area contributed by atoms with E-state index < -0.39 is 0 Å². The summed E-state index contributed by atoms with van der Waals surface area (Å²) >= 11 is 1.57. The van der Waals surface area contributed by atoms with E-state index in [9.17, 15) is 4.79 Å². The minimum absolute atomic E-state index is 0. The van der Waals surface area contributed by atoms with Crippen LogP contribution in [0, 0.1) is 6.92 Å². The van der Waals surface area contributed by atoms with Gasteiger partial charge in [0.25, 0.3) is 5.91 Å². The van der Waals surface area contributed by atoms with E-state index in [1.165, 1.54) is 18.4 Å². The first kappa shape index (κ1) is 20.0. The molecule has 1 saturated heterocycles. The number of aromatic amines is 1. The number of hydrogen-bond donors (Lipinski definition) is 2. The van der Waals surface area contributed by atoms with Crippen LogP contribution in [0.3, 0.4) is 0 Å². The molecule has 2 aromatic carbocycles. The zero-order chi connectivity index (χ0) is 21.2. The molecule has 162 valence electrons. The molecule has 2 aliphatic rings. The van der Waals surface area contributed by atoms with E-state index in [0.717, 1.165) is 58.5 Å². The molecule has 3 heterocycles. The summed E-state index contributed by atoms with van der Waals surface area (Å²) in [5, 5.41) is 2.94. The number of hydrogen-bond acceptors (Lipinski definition) is 5. The van der Waals surface area contributed by atoms with E-state index in [4.69, 9.17) is 4.99 Å². The molecule has 0 saturated carbocycles. The largest absolute Gasteiger partial charge is 0.342 e. The molecule has 0 spiro atoms. The van der Waals surface area contributed by atoms with Crippen molar-refractivity contribution in [3.8, 4) is 0 Å². The fourth-order valence-corrected chi connectivity index (χ4v) is 4.95. The number of nitrogens with one attached hydrogen (secondary N) is 2. The summed E-state index contributed by atoms with van der Waals surface area (Å²) in [7, 11) is 0. The van der Waals surface area contributed by atoms with Gasteiger partial charge in [-0.05, 0) is 44.0 Å². The van der Waals surface area contributed by atoms with Crippen LogP contribution in [0.5, 0.6) is 0 Å². The van der Waals surface area contributed by atoms with E-state index in [1.807, 2.05) is 29.3 Å². The van der Waals surface area contributed by atoms with E-state index >= 15 is 0 Å². The van der Waals surface area contributed by atoms with Crippen LogP contribution in [0.4, 0.5) is 5.69 Å². The van der Waals surface area contributed by atoms with Crippen molar-refractivity contribution >= 4 is 29.1 Å². The highest BCUT2D eigenvalue weighted by Crippen LogP contribution is 2.40. The maximum Gasteiger partial charge on any atom is 0.265 e. The lowest BCUT2D eigenvalue weighted by molar-refractivity contribution is 0.0794. The van der Waals surface area contributed by atoms with Crippen LogP contribution in [0.25, 0.3) is 0 Å². The number of aliphatic imine (C=N–C) groups is 1. The van der Waals surface area contributed by atoms with Crippen molar-refractivity contribution in [2.45, 2.75) is 42.5 Å². The Balaban J connectivity index is 0.00000153. The fourth-order valence-electron chi connectivity index (χ4n) is 4.03. The Morgan fingerprint density at radius 2 is 1.97 bits per heavy atom. The SMILES string of the molecule is Cc1cccc(C2=Nc3cc(C(=O)NN4CCCCCC4)ccc3Sc3nc[nH]c32)c1.[HH].[HH]. The third-order valence-corrected chi connectivity index (χ3v) is 6.73. The van der Waals surface area contributed by atoms with Crippen molar-refractivity contribution < 1.29 is 7.65 Å². The molecule has 2 N–H and O–H groups in total. The van der Waals surface area contributed by atoms with Crippen molar-refractivity contribution in [2.75, 3.05) is 13.1 Å². The molecule has 0 radical (unpaired) electrons. The molecule has 0 unspecified atom stereocenters. The highest BCUT2D eigenvalue weighted by molar-refractivity contribution is 7.99. The third kappa shape index (κ3) is 4.29. The molecule has 1 amide bonds. The highest BCUT2D eigenvalue weighted by atomic mass is 32.2. The number of carbonyl (C=O) groups excluding carboxylic acids is 1. The number of amides is 1. The molecule has 3 aromatic rings. The van der Waals surface area contributed by atoms with Gasteiger partial charge < -0.3 is 4.98 Å². The lowest BCUT2D eigenvalue weighted by Crippen LogP contribution is -2.42. The maximum absolute atomic E-state index is 12.9. The lowest BCUT2D eigenvalue weighted by atomic mass is 10.0. The first-order valence-corrected chi connectivity index (χ1v) is 11.6. The number of aryl methyl sites for hydroxylation is 1. The molecule has 0 aliphatic carbocycles. The number of imidazole rings is 1. The van der Waals surface area contributed by atoms with Crippen molar-refractivity contribution in [1.82, 2.24) is 20.4 Å². The van der Waals surface area contributed by atoms with E-state index in [-0.39, 0.29) is 8.76 Å². The quantitative estimate of drug-likeness (QED) is 0.454. The second-order valence-electron chi connectivity index (χ2n) is 8.04. The Hall–Kier alpha value is -2.90. The van der Waals surface area contributed by atoms with Crippen LogP contribution < -0.4 is 5.43 Å². The second kappa shape index (κ2) is 8.69. The average Bonchev–Trinajstić information content (AvgIpc) is 2.98. The van der Waals surface area contributed by atoms with Gasteiger partial charge in [0.15, 0.2) is 0 Å². The lowest BCUT2D eigenvalue weighted by Gasteiger charge is -2.21. The average molecular weight is 436 g/mol. The number of nitrogens with zero attached hydrogens (tertiary/aromatic N) is 3. The summed E-state index contributed by atoms with van der Waals surface area (Å²) in [5.74, 6) is -0.0806. The van der Waals surface area contributed by atoms with Crippen LogP contribution in [0.15, 0.2) is 63.7 Å². The van der Waals surface area contributed by atoms with Gasteiger partial charge >= 0.3 is 0 Å². The van der Waals surface area contributed by atoms with Gasteiger partial charge in [-0.3, -0.25) is 10.2 Å². The standard InChI is InChI=1S/C24H25N5OS.2H2/c1-16-7-6-8-17(13-16)21-22-24(26-15-25-22)31-20-10-9-18(14-19(20)27-21)23(30)28-29-11-4-2-3-5-12-29;;/h6-10,13-15H,2-5,11-12H2,1H3,(H,25,26)(H,28,30);2*1H. The van der Waals surface area contributed by atoms with Crippen molar-refractivity contribution in [2.24, 2.45) is 4.99 Å². The molecule has 7 heteroatoms. The molecular formula is C24H29N5OS.